The van der Waals surface area contributed by atoms with Crippen LogP contribution < -0.4 is 0 Å². The predicted octanol–water partition coefficient (Wildman–Crippen LogP) is 2.22. The molecule has 1 atom stereocenters. The molecular weight excluding hydrogens is 239 g/mol. The fourth-order valence-electron chi connectivity index (χ4n) is 1.38. The molecule has 6 heteroatoms. The molecule has 0 spiro atoms. The summed E-state index contributed by atoms with van der Waals surface area (Å²) in [5, 5.41) is 9.33. The molecule has 1 unspecified atom stereocenters. The van der Waals surface area contributed by atoms with Gasteiger partial charge in [-0.25, -0.2) is 0 Å². The molecule has 0 aromatic heterocycles. The summed E-state index contributed by atoms with van der Waals surface area (Å²) in [7, 11) is -3.98. The van der Waals surface area contributed by atoms with Crippen molar-refractivity contribution in [2.45, 2.75) is 39.5 Å². The van der Waals surface area contributed by atoms with Gasteiger partial charge in [-0.1, -0.05) is 0 Å². The van der Waals surface area contributed by atoms with Crippen LogP contribution >= 0.6 is 18.5 Å². The molecule has 0 rings (SSSR count). The first-order valence-electron chi connectivity index (χ1n) is 5.27. The van der Waals surface area contributed by atoms with Crippen LogP contribution in [0.15, 0.2) is 0 Å². The third-order valence-electron chi connectivity index (χ3n) is 2.71. The molecule has 0 saturated carbocycles. The summed E-state index contributed by atoms with van der Waals surface area (Å²) in [5.74, 6) is 0. The van der Waals surface area contributed by atoms with E-state index in [-0.39, 0.29) is 13.2 Å². The van der Waals surface area contributed by atoms with Gasteiger partial charge in [-0.05, 0) is 0 Å². The Labute approximate surface area is 96.6 Å². The Hall–Kier alpha value is 0.560. The molecule has 0 aromatic rings. The number of aliphatic hydroxyl groups is 1. The minimum atomic E-state index is -3.98. The molecule has 4 nitrogen and oxygen atoms in total. The Morgan fingerprint density at radius 1 is 1.33 bits per heavy atom. The van der Waals surface area contributed by atoms with Crippen LogP contribution in [0, 0.1) is 5.41 Å². The van der Waals surface area contributed by atoms with Crippen molar-refractivity contribution < 1.29 is 19.4 Å². The molecule has 0 fully saturated rings. The Bertz CT molecular complexity index is 168. The van der Waals surface area contributed by atoms with Gasteiger partial charge in [0.05, 0.1) is 0 Å². The van der Waals surface area contributed by atoms with Crippen molar-refractivity contribution in [2.75, 3.05) is 13.2 Å². The Morgan fingerprint density at radius 3 is 2.27 bits per heavy atom. The number of aliphatic hydroxyl groups excluding tert-OH is 1. The monoisotopic (exact) mass is 260 g/mol. The summed E-state index contributed by atoms with van der Waals surface area (Å²) < 4.78 is 4.83. The van der Waals surface area contributed by atoms with Gasteiger partial charge in [0.1, 0.15) is 0 Å². The van der Waals surface area contributed by atoms with Gasteiger partial charge in [0.25, 0.3) is 0 Å². The predicted molar refractivity (Wildman–Crippen MR) is 63.9 cm³/mol. The first-order valence-corrected chi connectivity index (χ1v) is 8.09. The van der Waals surface area contributed by atoms with Crippen LogP contribution in [0.3, 0.4) is 0 Å². The first kappa shape index (κ1) is 15.6. The van der Waals surface area contributed by atoms with Crippen LogP contribution in [-0.4, -0.2) is 28.1 Å². The molecule has 15 heavy (non-hydrogen) atoms. The van der Waals surface area contributed by atoms with E-state index < -0.39 is 12.7 Å². The van der Waals surface area contributed by atoms with Gasteiger partial charge in [-0.15, -0.1) is 0 Å². The van der Waals surface area contributed by atoms with Gasteiger partial charge in [-0.2, -0.15) is 0 Å². The molecule has 94 valence electrons. The van der Waals surface area contributed by atoms with Crippen LogP contribution in [-0.2, 0) is 4.52 Å². The molecule has 3 N–H and O–H groups in total. The molecule has 0 radical (unpaired) electrons. The van der Waals surface area contributed by atoms with E-state index in [1.54, 1.807) is 0 Å². The van der Waals surface area contributed by atoms with E-state index in [2.05, 4.69) is 6.92 Å². The van der Waals surface area contributed by atoms with E-state index >= 15 is 0 Å². The summed E-state index contributed by atoms with van der Waals surface area (Å²) in [5.41, 5.74) is -0.394. The maximum absolute atomic E-state index is 9.33. The van der Waals surface area contributed by atoms with Crippen molar-refractivity contribution >= 4 is 18.5 Å². The molecule has 0 bridgehead atoms. The number of unbranched alkanes of at least 4 members (excludes halogenated alkanes) is 1. The van der Waals surface area contributed by atoms with Crippen LogP contribution in [0.5, 0.6) is 0 Å². The van der Waals surface area contributed by atoms with Gasteiger partial charge in [-0.3, -0.25) is 0 Å². The second-order valence-electron chi connectivity index (χ2n) is 3.93. The van der Waals surface area contributed by atoms with Gasteiger partial charge in [0, 0.05) is 0 Å². The zero-order valence-electron chi connectivity index (χ0n) is 9.37. The number of hydrogen-bond acceptors (Lipinski definition) is 4. The second-order valence-corrected chi connectivity index (χ2v) is 6.76. The van der Waals surface area contributed by atoms with Gasteiger partial charge in [0.15, 0.2) is 0 Å². The molecular formula is C9H22ClO4P. The Balaban J connectivity index is 4.23. The van der Waals surface area contributed by atoms with E-state index in [1.807, 2.05) is 6.92 Å². The van der Waals surface area contributed by atoms with Gasteiger partial charge < -0.3 is 0 Å². The van der Waals surface area contributed by atoms with Gasteiger partial charge >= 0.3 is 96.1 Å². The average Bonchev–Trinajstić information content (AvgIpc) is 2.18. The van der Waals surface area contributed by atoms with Crippen molar-refractivity contribution in [2.24, 2.45) is 5.41 Å². The zero-order chi connectivity index (χ0) is 11.9. The third kappa shape index (κ3) is 6.67. The Kier molecular flexibility index (Phi) is 7.26. The Morgan fingerprint density at radius 2 is 1.93 bits per heavy atom. The van der Waals surface area contributed by atoms with Crippen molar-refractivity contribution in [3.05, 3.63) is 0 Å². The quantitative estimate of drug-likeness (QED) is 0.585. The van der Waals surface area contributed by atoms with Gasteiger partial charge in [0.2, 0.25) is 0 Å². The summed E-state index contributed by atoms with van der Waals surface area (Å²) in [6.45, 7) is 4.09. The average molecular weight is 261 g/mol. The summed E-state index contributed by atoms with van der Waals surface area (Å²) in [4.78, 5) is 17.9. The molecule has 0 amide bonds. The number of halogens is 1. The first-order chi connectivity index (χ1) is 6.89. The standard InChI is InChI=1S/C9H22ClO4P/c1-3-5-6-9(4-2,7-11)8-14-15(10,12)13/h11-13,15H,3-8H2,1-2H3. The van der Waals surface area contributed by atoms with Crippen LogP contribution in [0.1, 0.15) is 39.5 Å². The fraction of sp³-hybridized carbons (Fsp3) is 1.00. The number of hydrogen-bond donors (Lipinski definition) is 3. The van der Waals surface area contributed by atoms with Crippen LogP contribution in [0.25, 0.3) is 0 Å². The third-order valence-corrected chi connectivity index (χ3v) is 3.55. The summed E-state index contributed by atoms with van der Waals surface area (Å²) >= 11 is 5.23. The molecule has 0 aromatic carbocycles. The van der Waals surface area contributed by atoms with E-state index in [1.165, 1.54) is 0 Å². The van der Waals surface area contributed by atoms with Crippen molar-refractivity contribution in [3.63, 3.8) is 0 Å². The second kappa shape index (κ2) is 7.00. The van der Waals surface area contributed by atoms with Crippen LogP contribution in [0.4, 0.5) is 0 Å². The number of rotatable bonds is 8. The molecule has 0 aliphatic carbocycles. The van der Waals surface area contributed by atoms with E-state index in [0.717, 1.165) is 25.7 Å². The van der Waals surface area contributed by atoms with E-state index in [4.69, 9.17) is 25.6 Å². The van der Waals surface area contributed by atoms with Crippen LogP contribution in [0.2, 0.25) is 0 Å². The normalized spacial score (nSPS) is 17.5. The minimum absolute atomic E-state index is 0.0229. The molecule has 0 heterocycles. The zero-order valence-corrected chi connectivity index (χ0v) is 11.1. The van der Waals surface area contributed by atoms with E-state index in [0.29, 0.717) is 0 Å². The summed E-state index contributed by atoms with van der Waals surface area (Å²) in [6.07, 6.45) is 3.54. The van der Waals surface area contributed by atoms with Crippen molar-refractivity contribution in [1.82, 2.24) is 0 Å². The van der Waals surface area contributed by atoms with Crippen molar-refractivity contribution in [3.8, 4) is 0 Å². The maximum atomic E-state index is 9.33. The molecule has 0 saturated heterocycles. The molecule has 0 aliphatic rings. The SMILES string of the molecule is CCCCC(CC)(CO)CO[PH](O)(O)Cl. The fourth-order valence-corrected chi connectivity index (χ4v) is 2.04. The topological polar surface area (TPSA) is 69.9 Å². The molecule has 0 aliphatic heterocycles. The summed E-state index contributed by atoms with van der Waals surface area (Å²) in [6, 6.07) is 0. The van der Waals surface area contributed by atoms with E-state index in [9.17, 15) is 5.11 Å². The van der Waals surface area contributed by atoms with Crippen molar-refractivity contribution in [1.29, 1.82) is 0 Å².